The van der Waals surface area contributed by atoms with Crippen molar-refractivity contribution in [3.05, 3.63) is 28.7 Å². The molecule has 1 heterocycles. The zero-order valence-corrected chi connectivity index (χ0v) is 13.0. The van der Waals surface area contributed by atoms with Gasteiger partial charge in [0.1, 0.15) is 0 Å². The van der Waals surface area contributed by atoms with Gasteiger partial charge < -0.3 is 10.2 Å². The summed E-state index contributed by atoms with van der Waals surface area (Å²) < 4.78 is 0. The zero-order valence-electron chi connectivity index (χ0n) is 12.1. The van der Waals surface area contributed by atoms with Gasteiger partial charge in [-0.05, 0) is 19.3 Å². The molecule has 1 N–H and O–H groups in total. The summed E-state index contributed by atoms with van der Waals surface area (Å²) in [7, 11) is 3.86. The fourth-order valence-corrected chi connectivity index (χ4v) is 2.47. The average Bonchev–Trinajstić information content (AvgIpc) is 2.88. The minimum absolute atomic E-state index is 0.731. The fourth-order valence-electron chi connectivity index (χ4n) is 1.73. The Morgan fingerprint density at radius 1 is 1.63 bits per heavy atom. The lowest BCUT2D eigenvalue weighted by molar-refractivity contribution is 0.469. The van der Waals surface area contributed by atoms with E-state index in [0.717, 1.165) is 44.0 Å². The predicted molar refractivity (Wildman–Crippen MR) is 83.8 cm³/mol. The molecule has 1 rings (SSSR count). The number of nitrogens with one attached hydrogen (secondary N) is 1. The molecule has 0 unspecified atom stereocenters. The molecule has 0 aromatic carbocycles. The monoisotopic (exact) mass is 280 g/mol. The van der Waals surface area contributed by atoms with E-state index >= 15 is 0 Å². The standard InChI is InChI=1S/C14H24N4S/c1-5-7-8-9-18(4)14(15-3)16-10-12-11-19-13(6-2)17-12/h5,11H,1,6-10H2,2-4H3,(H,15,16). The Labute approximate surface area is 120 Å². The molecule has 106 valence electrons. The normalized spacial score (nSPS) is 11.4. The smallest absolute Gasteiger partial charge is 0.193 e. The van der Waals surface area contributed by atoms with Gasteiger partial charge >= 0.3 is 0 Å². The Balaban J connectivity index is 2.41. The van der Waals surface area contributed by atoms with Crippen LogP contribution >= 0.6 is 11.3 Å². The largest absolute Gasteiger partial charge is 0.351 e. The van der Waals surface area contributed by atoms with E-state index in [4.69, 9.17) is 0 Å². The second-order valence-corrected chi connectivity index (χ2v) is 5.28. The van der Waals surface area contributed by atoms with Crippen molar-refractivity contribution >= 4 is 17.3 Å². The first-order chi connectivity index (χ1) is 9.21. The third kappa shape index (κ3) is 5.42. The van der Waals surface area contributed by atoms with E-state index in [1.807, 2.05) is 13.1 Å². The summed E-state index contributed by atoms with van der Waals surface area (Å²) in [4.78, 5) is 11.0. The molecule has 19 heavy (non-hydrogen) atoms. The van der Waals surface area contributed by atoms with Gasteiger partial charge in [0.15, 0.2) is 5.96 Å². The SMILES string of the molecule is C=CCCCN(C)C(=NC)NCc1csc(CC)n1. The Morgan fingerprint density at radius 3 is 3.00 bits per heavy atom. The second-order valence-electron chi connectivity index (χ2n) is 4.34. The van der Waals surface area contributed by atoms with Gasteiger partial charge in [0, 0.05) is 26.0 Å². The molecular weight excluding hydrogens is 256 g/mol. The minimum atomic E-state index is 0.731. The number of nitrogens with zero attached hydrogens (tertiary/aromatic N) is 3. The van der Waals surface area contributed by atoms with Crippen LogP contribution in [0.25, 0.3) is 0 Å². The molecule has 4 nitrogen and oxygen atoms in total. The highest BCUT2D eigenvalue weighted by molar-refractivity contribution is 7.09. The van der Waals surface area contributed by atoms with E-state index in [1.54, 1.807) is 11.3 Å². The lowest BCUT2D eigenvalue weighted by Crippen LogP contribution is -2.39. The van der Waals surface area contributed by atoms with Gasteiger partial charge in [-0.15, -0.1) is 17.9 Å². The molecule has 0 radical (unpaired) electrons. The number of unbranched alkanes of at least 4 members (excludes halogenated alkanes) is 1. The van der Waals surface area contributed by atoms with Crippen molar-refractivity contribution < 1.29 is 0 Å². The molecule has 0 aliphatic carbocycles. The van der Waals surface area contributed by atoms with E-state index < -0.39 is 0 Å². The summed E-state index contributed by atoms with van der Waals surface area (Å²) >= 11 is 1.72. The lowest BCUT2D eigenvalue weighted by atomic mass is 10.3. The van der Waals surface area contributed by atoms with Crippen LogP contribution in [-0.2, 0) is 13.0 Å². The summed E-state index contributed by atoms with van der Waals surface area (Å²) in [6.07, 6.45) is 5.08. The van der Waals surface area contributed by atoms with E-state index in [9.17, 15) is 0 Å². The molecule has 1 aromatic rings. The maximum Gasteiger partial charge on any atom is 0.193 e. The molecule has 0 fully saturated rings. The molecule has 0 saturated heterocycles. The van der Waals surface area contributed by atoms with Crippen molar-refractivity contribution in [2.24, 2.45) is 4.99 Å². The van der Waals surface area contributed by atoms with Crippen LogP contribution in [0.4, 0.5) is 0 Å². The van der Waals surface area contributed by atoms with E-state index in [-0.39, 0.29) is 0 Å². The third-order valence-corrected chi connectivity index (χ3v) is 3.85. The summed E-state index contributed by atoms with van der Waals surface area (Å²) in [5.74, 6) is 0.912. The Kier molecular flexibility index (Phi) is 7.18. The maximum atomic E-state index is 4.54. The number of guanidine groups is 1. The molecule has 0 bridgehead atoms. The first-order valence-electron chi connectivity index (χ1n) is 6.67. The van der Waals surface area contributed by atoms with E-state index in [2.05, 4.69) is 46.1 Å². The first kappa shape index (κ1) is 15.7. The van der Waals surface area contributed by atoms with Gasteiger partial charge in [-0.3, -0.25) is 4.99 Å². The quantitative estimate of drug-likeness (QED) is 0.361. The van der Waals surface area contributed by atoms with E-state index in [0.29, 0.717) is 0 Å². The van der Waals surface area contributed by atoms with Gasteiger partial charge in [0.05, 0.1) is 17.2 Å². The van der Waals surface area contributed by atoms with Gasteiger partial charge in [-0.1, -0.05) is 13.0 Å². The number of aliphatic imine (C=N–C) groups is 1. The molecule has 0 amide bonds. The molecular formula is C14H24N4S. The zero-order chi connectivity index (χ0) is 14.1. The van der Waals surface area contributed by atoms with Crippen molar-refractivity contribution in [3.8, 4) is 0 Å². The van der Waals surface area contributed by atoms with Crippen LogP contribution in [0.1, 0.15) is 30.5 Å². The Bertz CT molecular complexity index is 411. The summed E-state index contributed by atoms with van der Waals surface area (Å²) in [6.45, 7) is 7.57. The molecule has 0 aliphatic rings. The number of allylic oxidation sites excluding steroid dienone is 1. The number of rotatable bonds is 7. The highest BCUT2D eigenvalue weighted by Crippen LogP contribution is 2.09. The van der Waals surface area contributed by atoms with Crippen molar-refractivity contribution in [2.75, 3.05) is 20.6 Å². The summed E-state index contributed by atoms with van der Waals surface area (Å²) in [5, 5.41) is 6.64. The fraction of sp³-hybridized carbons (Fsp3) is 0.571. The van der Waals surface area contributed by atoms with Crippen molar-refractivity contribution in [1.29, 1.82) is 0 Å². The van der Waals surface area contributed by atoms with Crippen molar-refractivity contribution in [3.63, 3.8) is 0 Å². The van der Waals surface area contributed by atoms with Crippen LogP contribution in [0.2, 0.25) is 0 Å². The number of thiazole rings is 1. The van der Waals surface area contributed by atoms with Crippen molar-refractivity contribution in [2.45, 2.75) is 32.7 Å². The van der Waals surface area contributed by atoms with Crippen LogP contribution in [-0.4, -0.2) is 36.5 Å². The second kappa shape index (κ2) is 8.69. The van der Waals surface area contributed by atoms with Crippen LogP contribution in [0.15, 0.2) is 23.0 Å². The molecule has 0 spiro atoms. The minimum Gasteiger partial charge on any atom is -0.351 e. The van der Waals surface area contributed by atoms with Gasteiger partial charge in [-0.25, -0.2) is 4.98 Å². The number of hydrogen-bond acceptors (Lipinski definition) is 3. The topological polar surface area (TPSA) is 40.5 Å². The van der Waals surface area contributed by atoms with Crippen LogP contribution in [0, 0.1) is 0 Å². The first-order valence-corrected chi connectivity index (χ1v) is 7.55. The molecule has 0 aliphatic heterocycles. The van der Waals surface area contributed by atoms with Crippen LogP contribution < -0.4 is 5.32 Å². The molecule has 5 heteroatoms. The van der Waals surface area contributed by atoms with Crippen LogP contribution in [0.3, 0.4) is 0 Å². The lowest BCUT2D eigenvalue weighted by Gasteiger charge is -2.21. The Morgan fingerprint density at radius 2 is 2.42 bits per heavy atom. The third-order valence-electron chi connectivity index (χ3n) is 2.80. The summed E-state index contributed by atoms with van der Waals surface area (Å²) in [5.41, 5.74) is 1.09. The molecule has 0 saturated carbocycles. The molecule has 1 aromatic heterocycles. The van der Waals surface area contributed by atoms with Gasteiger partial charge in [-0.2, -0.15) is 0 Å². The number of aryl methyl sites for hydroxylation is 1. The number of aromatic nitrogens is 1. The Hall–Kier alpha value is -1.36. The summed E-state index contributed by atoms with van der Waals surface area (Å²) in [6, 6.07) is 0. The number of hydrogen-bond donors (Lipinski definition) is 1. The van der Waals surface area contributed by atoms with Gasteiger partial charge in [0.25, 0.3) is 0 Å². The highest BCUT2D eigenvalue weighted by atomic mass is 32.1. The average molecular weight is 280 g/mol. The van der Waals surface area contributed by atoms with Gasteiger partial charge in [0.2, 0.25) is 0 Å². The highest BCUT2D eigenvalue weighted by Gasteiger charge is 2.06. The van der Waals surface area contributed by atoms with Crippen molar-refractivity contribution in [1.82, 2.24) is 15.2 Å². The molecule has 0 atom stereocenters. The predicted octanol–water partition coefficient (Wildman–Crippen LogP) is 2.68. The van der Waals surface area contributed by atoms with E-state index in [1.165, 1.54) is 5.01 Å². The maximum absolute atomic E-state index is 4.54. The van der Waals surface area contributed by atoms with Crippen LogP contribution in [0.5, 0.6) is 0 Å².